The van der Waals surface area contributed by atoms with E-state index in [0.29, 0.717) is 17.5 Å². The fourth-order valence-corrected chi connectivity index (χ4v) is 7.14. The molecule has 4 heteroatoms. The van der Waals surface area contributed by atoms with Gasteiger partial charge in [-0.25, -0.2) is 15.0 Å². The van der Waals surface area contributed by atoms with Crippen LogP contribution in [0.2, 0.25) is 0 Å². The van der Waals surface area contributed by atoms with E-state index in [0.717, 1.165) is 49.4 Å². The number of rotatable bonds is 4. The molecule has 0 spiro atoms. The van der Waals surface area contributed by atoms with Crippen molar-refractivity contribution in [3.63, 3.8) is 0 Å². The van der Waals surface area contributed by atoms with Gasteiger partial charge in [0.1, 0.15) is 11.2 Å². The van der Waals surface area contributed by atoms with Crippen molar-refractivity contribution in [3.8, 4) is 45.3 Å². The second-order valence-corrected chi connectivity index (χ2v) is 12.4. The maximum Gasteiger partial charge on any atom is 0.164 e. The first-order valence-electron chi connectivity index (χ1n) is 16.4. The van der Waals surface area contributed by atoms with Gasteiger partial charge in [0, 0.05) is 27.5 Å². The lowest BCUT2D eigenvalue weighted by molar-refractivity contribution is 0.669. The second kappa shape index (κ2) is 11.0. The summed E-state index contributed by atoms with van der Waals surface area (Å²) >= 11 is 0. The molecule has 0 N–H and O–H groups in total. The smallest absolute Gasteiger partial charge is 0.164 e. The first kappa shape index (κ1) is 27.5. The maximum absolute atomic E-state index is 6.26. The van der Waals surface area contributed by atoms with Gasteiger partial charge in [0.25, 0.3) is 0 Å². The Bertz CT molecular complexity index is 2890. The highest BCUT2D eigenvalue weighted by molar-refractivity contribution is 6.15. The van der Waals surface area contributed by atoms with Crippen LogP contribution in [0.1, 0.15) is 0 Å². The van der Waals surface area contributed by atoms with Crippen molar-refractivity contribution in [2.75, 3.05) is 0 Å². The van der Waals surface area contributed by atoms with Gasteiger partial charge in [-0.2, -0.15) is 0 Å². The van der Waals surface area contributed by atoms with Crippen molar-refractivity contribution in [1.29, 1.82) is 0 Å². The van der Waals surface area contributed by atoms with Crippen molar-refractivity contribution < 1.29 is 4.42 Å². The molecule has 0 saturated carbocycles. The Balaban J connectivity index is 1.24. The summed E-state index contributed by atoms with van der Waals surface area (Å²) in [7, 11) is 0. The molecule has 10 aromatic rings. The van der Waals surface area contributed by atoms with Gasteiger partial charge in [-0.1, -0.05) is 133 Å². The molecule has 0 atom stereocenters. The second-order valence-electron chi connectivity index (χ2n) is 12.4. The number of furan rings is 1. The van der Waals surface area contributed by atoms with Gasteiger partial charge in [-0.05, 0) is 73.8 Å². The van der Waals surface area contributed by atoms with Crippen LogP contribution in [0.3, 0.4) is 0 Å². The van der Waals surface area contributed by atoms with Gasteiger partial charge in [0.05, 0.1) is 0 Å². The summed E-state index contributed by atoms with van der Waals surface area (Å²) in [5.74, 6) is 1.85. The van der Waals surface area contributed by atoms with Crippen LogP contribution in [0.15, 0.2) is 168 Å². The molecule has 0 radical (unpaired) electrons. The third-order valence-corrected chi connectivity index (χ3v) is 9.49. The number of para-hydroxylation sites is 1. The Hall–Kier alpha value is -6.65. The Kier molecular flexibility index (Phi) is 6.15. The summed E-state index contributed by atoms with van der Waals surface area (Å²) in [6, 6.07) is 57.0. The lowest BCUT2D eigenvalue weighted by atomic mass is 9.92. The van der Waals surface area contributed by atoms with Gasteiger partial charge in [-0.15, -0.1) is 0 Å². The molecule has 0 amide bonds. The highest BCUT2D eigenvalue weighted by atomic mass is 16.3. The fraction of sp³-hybridized carbons (Fsp3) is 0. The summed E-state index contributed by atoms with van der Waals surface area (Å²) in [5, 5.41) is 9.07. The van der Waals surface area contributed by atoms with Crippen molar-refractivity contribution in [2.45, 2.75) is 0 Å². The Labute approximate surface area is 282 Å². The molecule has 2 aromatic heterocycles. The summed E-state index contributed by atoms with van der Waals surface area (Å²) in [5.41, 5.74) is 6.80. The average molecular weight is 626 g/mol. The minimum absolute atomic E-state index is 0.605. The quantitative estimate of drug-likeness (QED) is 0.183. The van der Waals surface area contributed by atoms with E-state index in [1.54, 1.807) is 0 Å². The van der Waals surface area contributed by atoms with Gasteiger partial charge in [0.15, 0.2) is 17.5 Å². The largest absolute Gasteiger partial charge is 0.456 e. The highest BCUT2D eigenvalue weighted by Crippen LogP contribution is 2.39. The molecule has 0 bridgehead atoms. The predicted molar refractivity (Wildman–Crippen MR) is 201 cm³/mol. The number of fused-ring (bicyclic) bond motifs is 7. The number of benzene rings is 8. The number of hydrogen-bond acceptors (Lipinski definition) is 4. The van der Waals surface area contributed by atoms with E-state index in [-0.39, 0.29) is 0 Å². The standard InChI is InChI=1S/C45H27N3O/c1-2-12-29(13-3-1)38-26-31-15-6-7-16-34(31)39-27-33(23-24-35(38)39)44-46-43(32-22-21-28-11-4-5-14-30(28)25-32)47-45(48-44)37-18-10-20-41-42(37)36-17-8-9-19-40(36)49-41/h1-27H. The maximum atomic E-state index is 6.26. The van der Waals surface area contributed by atoms with Crippen LogP contribution in [0, 0.1) is 0 Å². The number of aromatic nitrogens is 3. The van der Waals surface area contributed by atoms with Crippen LogP contribution >= 0.6 is 0 Å². The zero-order valence-electron chi connectivity index (χ0n) is 26.3. The summed E-state index contributed by atoms with van der Waals surface area (Å²) in [6.45, 7) is 0. The van der Waals surface area contributed by atoms with Gasteiger partial charge < -0.3 is 4.42 Å². The zero-order valence-corrected chi connectivity index (χ0v) is 26.3. The van der Waals surface area contributed by atoms with Gasteiger partial charge in [-0.3, -0.25) is 0 Å². The van der Waals surface area contributed by atoms with Crippen molar-refractivity contribution >= 4 is 54.3 Å². The van der Waals surface area contributed by atoms with Crippen LogP contribution in [-0.4, -0.2) is 15.0 Å². The molecule has 2 heterocycles. The third-order valence-electron chi connectivity index (χ3n) is 9.49. The summed E-state index contributed by atoms with van der Waals surface area (Å²) in [6.07, 6.45) is 0. The lowest BCUT2D eigenvalue weighted by Gasteiger charge is -2.13. The highest BCUT2D eigenvalue weighted by Gasteiger charge is 2.19. The first-order valence-corrected chi connectivity index (χ1v) is 16.4. The topological polar surface area (TPSA) is 51.8 Å². The number of nitrogens with zero attached hydrogens (tertiary/aromatic N) is 3. The molecule has 4 nitrogen and oxygen atoms in total. The molecule has 0 fully saturated rings. The van der Waals surface area contributed by atoms with E-state index in [4.69, 9.17) is 19.4 Å². The van der Waals surface area contributed by atoms with E-state index in [1.807, 2.05) is 30.3 Å². The molecule has 0 unspecified atom stereocenters. The van der Waals surface area contributed by atoms with E-state index >= 15 is 0 Å². The molecule has 0 aliphatic rings. The van der Waals surface area contributed by atoms with E-state index in [2.05, 4.69) is 133 Å². The van der Waals surface area contributed by atoms with Crippen molar-refractivity contribution in [3.05, 3.63) is 164 Å². The van der Waals surface area contributed by atoms with E-state index < -0.39 is 0 Å². The predicted octanol–water partition coefficient (Wildman–Crippen LogP) is 11.9. The summed E-state index contributed by atoms with van der Waals surface area (Å²) in [4.78, 5) is 15.5. The fourth-order valence-electron chi connectivity index (χ4n) is 7.14. The van der Waals surface area contributed by atoms with Crippen molar-refractivity contribution in [1.82, 2.24) is 15.0 Å². The average Bonchev–Trinajstić information content (AvgIpc) is 3.56. The molecular weight excluding hydrogens is 599 g/mol. The molecule has 49 heavy (non-hydrogen) atoms. The normalized spacial score (nSPS) is 11.7. The van der Waals surface area contributed by atoms with Crippen LogP contribution < -0.4 is 0 Å². The van der Waals surface area contributed by atoms with Crippen LogP contribution in [0.5, 0.6) is 0 Å². The molecular formula is C45H27N3O. The zero-order chi connectivity index (χ0) is 32.3. The monoisotopic (exact) mass is 625 g/mol. The Morgan fingerprint density at radius 3 is 1.84 bits per heavy atom. The van der Waals surface area contributed by atoms with Crippen LogP contribution in [0.4, 0.5) is 0 Å². The SMILES string of the molecule is c1ccc(-c2cc3ccccc3c3cc(-c4nc(-c5ccc6ccccc6c5)nc(-c5cccc6oc7ccccc7c56)n4)ccc23)cc1. The van der Waals surface area contributed by atoms with Crippen molar-refractivity contribution in [2.24, 2.45) is 0 Å². The molecule has 8 aromatic carbocycles. The van der Waals surface area contributed by atoms with Gasteiger partial charge >= 0.3 is 0 Å². The van der Waals surface area contributed by atoms with Gasteiger partial charge in [0.2, 0.25) is 0 Å². The Morgan fingerprint density at radius 1 is 0.327 bits per heavy atom. The molecule has 0 aliphatic heterocycles. The molecule has 0 saturated heterocycles. The molecule has 10 rings (SSSR count). The van der Waals surface area contributed by atoms with Crippen LogP contribution in [0.25, 0.3) is 99.5 Å². The lowest BCUT2D eigenvalue weighted by Crippen LogP contribution is -2.00. The minimum atomic E-state index is 0.605. The first-order chi connectivity index (χ1) is 24.3. The van der Waals surface area contributed by atoms with E-state index in [1.165, 1.54) is 32.7 Å². The molecule has 228 valence electrons. The number of hydrogen-bond donors (Lipinski definition) is 0. The Morgan fingerprint density at radius 2 is 0.980 bits per heavy atom. The minimum Gasteiger partial charge on any atom is -0.456 e. The molecule has 0 aliphatic carbocycles. The van der Waals surface area contributed by atoms with Crippen LogP contribution in [-0.2, 0) is 0 Å². The summed E-state index contributed by atoms with van der Waals surface area (Å²) < 4.78 is 6.26. The van der Waals surface area contributed by atoms with E-state index in [9.17, 15) is 0 Å². The third kappa shape index (κ3) is 4.57.